The van der Waals surface area contributed by atoms with Crippen molar-refractivity contribution in [2.24, 2.45) is 0 Å². The molecule has 1 aromatic carbocycles. The molecule has 0 saturated carbocycles. The van der Waals surface area contributed by atoms with Crippen molar-refractivity contribution in [2.45, 2.75) is 20.3 Å². The zero-order valence-electron chi connectivity index (χ0n) is 12.1. The Hall–Kier alpha value is -2.08. The van der Waals surface area contributed by atoms with Gasteiger partial charge >= 0.3 is 0 Å². The summed E-state index contributed by atoms with van der Waals surface area (Å²) in [5.74, 6) is 0.352. The first kappa shape index (κ1) is 15.3. The zero-order chi connectivity index (χ0) is 15.3. The largest absolute Gasteiger partial charge is 0.354 e. The van der Waals surface area contributed by atoms with Gasteiger partial charge in [0.05, 0.1) is 17.6 Å². The lowest BCUT2D eigenvalue weighted by molar-refractivity contribution is 0.602. The molecule has 2 rings (SSSR count). The Bertz CT molecular complexity index is 697. The molecule has 0 fully saturated rings. The summed E-state index contributed by atoms with van der Waals surface area (Å²) in [6.45, 7) is 3.68. The number of anilines is 3. The highest BCUT2D eigenvalue weighted by Gasteiger charge is 2.07. The van der Waals surface area contributed by atoms with Gasteiger partial charge in [0.15, 0.2) is 0 Å². The van der Waals surface area contributed by atoms with Gasteiger partial charge < -0.3 is 5.32 Å². The fourth-order valence-electron chi connectivity index (χ4n) is 1.87. The molecule has 0 bridgehead atoms. The minimum absolute atomic E-state index is 0.0263. The van der Waals surface area contributed by atoms with Crippen LogP contribution in [0.25, 0.3) is 0 Å². The Kier molecular flexibility index (Phi) is 4.80. The summed E-state index contributed by atoms with van der Waals surface area (Å²) >= 11 is 0. The number of aryl methyl sites for hydroxylation is 1. The monoisotopic (exact) mass is 305 g/mol. The summed E-state index contributed by atoms with van der Waals surface area (Å²) in [6, 6.07) is 11.5. The van der Waals surface area contributed by atoms with Crippen LogP contribution in [0.1, 0.15) is 19.4 Å². The SMILES string of the molecule is CCc1ccccc1Nc1ccc(NS(=O)(=O)CC)nc1. The van der Waals surface area contributed by atoms with Crippen LogP contribution in [0.4, 0.5) is 17.2 Å². The van der Waals surface area contributed by atoms with Gasteiger partial charge in [-0.25, -0.2) is 13.4 Å². The molecule has 0 unspecified atom stereocenters. The van der Waals surface area contributed by atoms with Gasteiger partial charge in [-0.1, -0.05) is 25.1 Å². The quantitative estimate of drug-likeness (QED) is 0.860. The number of pyridine rings is 1. The van der Waals surface area contributed by atoms with Gasteiger partial charge in [-0.3, -0.25) is 4.72 Å². The van der Waals surface area contributed by atoms with E-state index in [4.69, 9.17) is 0 Å². The van der Waals surface area contributed by atoms with Crippen molar-refractivity contribution in [3.05, 3.63) is 48.2 Å². The molecule has 0 saturated heterocycles. The van der Waals surface area contributed by atoms with Gasteiger partial charge in [-0.15, -0.1) is 0 Å². The van der Waals surface area contributed by atoms with Gasteiger partial charge in [-0.2, -0.15) is 0 Å². The van der Waals surface area contributed by atoms with E-state index in [1.807, 2.05) is 18.2 Å². The molecule has 21 heavy (non-hydrogen) atoms. The number of nitrogens with zero attached hydrogens (tertiary/aromatic N) is 1. The molecule has 2 N–H and O–H groups in total. The maximum absolute atomic E-state index is 11.5. The summed E-state index contributed by atoms with van der Waals surface area (Å²) < 4.78 is 25.3. The van der Waals surface area contributed by atoms with Crippen molar-refractivity contribution < 1.29 is 8.42 Å². The Morgan fingerprint density at radius 2 is 1.86 bits per heavy atom. The summed E-state index contributed by atoms with van der Waals surface area (Å²) in [5.41, 5.74) is 3.06. The smallest absolute Gasteiger partial charge is 0.233 e. The van der Waals surface area contributed by atoms with Crippen LogP contribution < -0.4 is 10.0 Å². The summed E-state index contributed by atoms with van der Waals surface area (Å²) in [6.07, 6.45) is 2.55. The van der Waals surface area contributed by atoms with E-state index in [0.717, 1.165) is 17.8 Å². The van der Waals surface area contributed by atoms with Crippen LogP contribution in [0.15, 0.2) is 42.6 Å². The molecular formula is C15H19N3O2S. The topological polar surface area (TPSA) is 71.1 Å². The lowest BCUT2D eigenvalue weighted by Gasteiger charge is -2.11. The standard InChI is InChI=1S/C15H19N3O2S/c1-3-12-7-5-6-8-14(12)17-13-9-10-15(16-11-13)18-21(19,20)4-2/h5-11,17H,3-4H2,1-2H3,(H,16,18). The van der Waals surface area contributed by atoms with Crippen molar-refractivity contribution in [3.8, 4) is 0 Å². The van der Waals surface area contributed by atoms with E-state index in [2.05, 4.69) is 28.0 Å². The van der Waals surface area contributed by atoms with Crippen LogP contribution in [0, 0.1) is 0 Å². The molecule has 0 aliphatic heterocycles. The lowest BCUT2D eigenvalue weighted by Crippen LogP contribution is -2.15. The molecule has 112 valence electrons. The van der Waals surface area contributed by atoms with E-state index < -0.39 is 10.0 Å². The maximum Gasteiger partial charge on any atom is 0.233 e. The second-order valence-electron chi connectivity index (χ2n) is 4.57. The molecule has 0 aliphatic carbocycles. The zero-order valence-corrected chi connectivity index (χ0v) is 12.9. The molecule has 6 heteroatoms. The van der Waals surface area contributed by atoms with Crippen LogP contribution in [-0.4, -0.2) is 19.2 Å². The van der Waals surface area contributed by atoms with Crippen LogP contribution in [0.3, 0.4) is 0 Å². The number of para-hydroxylation sites is 1. The molecule has 1 aromatic heterocycles. The minimum atomic E-state index is -3.29. The number of benzene rings is 1. The number of sulfonamides is 1. The minimum Gasteiger partial charge on any atom is -0.354 e. The highest BCUT2D eigenvalue weighted by molar-refractivity contribution is 7.92. The second kappa shape index (κ2) is 6.58. The predicted molar refractivity (Wildman–Crippen MR) is 86.4 cm³/mol. The number of hydrogen-bond donors (Lipinski definition) is 2. The molecule has 1 heterocycles. The molecule has 0 amide bonds. The third kappa shape index (κ3) is 4.19. The van der Waals surface area contributed by atoms with Crippen LogP contribution in [0.2, 0.25) is 0 Å². The molecule has 0 aliphatic rings. The number of nitrogens with one attached hydrogen (secondary N) is 2. The van der Waals surface area contributed by atoms with Crippen molar-refractivity contribution >= 4 is 27.2 Å². The van der Waals surface area contributed by atoms with E-state index in [1.54, 1.807) is 25.3 Å². The Morgan fingerprint density at radius 3 is 2.48 bits per heavy atom. The second-order valence-corrected chi connectivity index (χ2v) is 6.58. The summed E-state index contributed by atoms with van der Waals surface area (Å²) in [4.78, 5) is 4.11. The highest BCUT2D eigenvalue weighted by atomic mass is 32.2. The average Bonchev–Trinajstić information content (AvgIpc) is 2.49. The fraction of sp³-hybridized carbons (Fsp3) is 0.267. The summed E-state index contributed by atoms with van der Waals surface area (Å²) in [7, 11) is -3.29. The van der Waals surface area contributed by atoms with Crippen LogP contribution in [-0.2, 0) is 16.4 Å². The highest BCUT2D eigenvalue weighted by Crippen LogP contribution is 2.21. The number of aromatic nitrogens is 1. The van der Waals surface area contributed by atoms with E-state index in [1.165, 1.54) is 5.56 Å². The Balaban J connectivity index is 2.13. The molecule has 5 nitrogen and oxygen atoms in total. The molecular weight excluding hydrogens is 286 g/mol. The van der Waals surface area contributed by atoms with Crippen molar-refractivity contribution in [1.82, 2.24) is 4.98 Å². The van der Waals surface area contributed by atoms with Gasteiger partial charge in [0.1, 0.15) is 5.82 Å². The molecule has 0 spiro atoms. The third-order valence-electron chi connectivity index (χ3n) is 3.08. The van der Waals surface area contributed by atoms with Crippen LogP contribution in [0.5, 0.6) is 0 Å². The van der Waals surface area contributed by atoms with Crippen LogP contribution >= 0.6 is 0 Å². The molecule has 0 radical (unpaired) electrons. The van der Waals surface area contributed by atoms with Gasteiger partial charge in [0.25, 0.3) is 0 Å². The van der Waals surface area contributed by atoms with Gasteiger partial charge in [0.2, 0.25) is 10.0 Å². The number of rotatable bonds is 6. The van der Waals surface area contributed by atoms with Crippen molar-refractivity contribution in [2.75, 3.05) is 15.8 Å². The van der Waals surface area contributed by atoms with Gasteiger partial charge in [0, 0.05) is 5.69 Å². The maximum atomic E-state index is 11.5. The van der Waals surface area contributed by atoms with E-state index in [-0.39, 0.29) is 5.75 Å². The fourth-order valence-corrected chi connectivity index (χ4v) is 2.45. The van der Waals surface area contributed by atoms with Gasteiger partial charge in [-0.05, 0) is 37.1 Å². The third-order valence-corrected chi connectivity index (χ3v) is 4.36. The normalized spacial score (nSPS) is 11.1. The Labute approximate surface area is 125 Å². The Morgan fingerprint density at radius 1 is 1.10 bits per heavy atom. The predicted octanol–water partition coefficient (Wildman–Crippen LogP) is 3.15. The van der Waals surface area contributed by atoms with E-state index >= 15 is 0 Å². The molecule has 0 atom stereocenters. The summed E-state index contributed by atoms with van der Waals surface area (Å²) in [5, 5.41) is 3.29. The molecule has 2 aromatic rings. The lowest BCUT2D eigenvalue weighted by atomic mass is 10.1. The van der Waals surface area contributed by atoms with E-state index in [0.29, 0.717) is 5.82 Å². The first-order chi connectivity index (χ1) is 10.0. The first-order valence-electron chi connectivity index (χ1n) is 6.85. The first-order valence-corrected chi connectivity index (χ1v) is 8.50. The van der Waals surface area contributed by atoms with Crippen molar-refractivity contribution in [3.63, 3.8) is 0 Å². The van der Waals surface area contributed by atoms with Crippen molar-refractivity contribution in [1.29, 1.82) is 0 Å². The average molecular weight is 305 g/mol. The number of hydrogen-bond acceptors (Lipinski definition) is 4. The van der Waals surface area contributed by atoms with E-state index in [9.17, 15) is 8.42 Å².